The largest absolute Gasteiger partial charge is 0.345 e. The van der Waals surface area contributed by atoms with Crippen LogP contribution in [0.15, 0.2) is 78.9 Å². The molecule has 1 saturated heterocycles. The first-order valence-electron chi connectivity index (χ1n) is 11.3. The Morgan fingerprint density at radius 3 is 2.39 bits per heavy atom. The molecule has 0 saturated carbocycles. The summed E-state index contributed by atoms with van der Waals surface area (Å²) in [4.78, 5) is 15.7. The standard InChI is InChI=1S/C27H31N3O/c1-22(25-15-7-13-24-12-5-6-14-26(24)25)28-27(31)21-30-19-17-29(18-20-30)16-8-11-23-9-3-2-4-10-23/h2-15,22H,16-21H2,1H3,(H,28,31)/p+2/b11-8+/t22-/m0/s1. The van der Waals surface area contributed by atoms with Crippen LogP contribution in [0.4, 0.5) is 0 Å². The van der Waals surface area contributed by atoms with Crippen molar-refractivity contribution in [3.05, 3.63) is 90.0 Å². The van der Waals surface area contributed by atoms with Gasteiger partial charge < -0.3 is 15.1 Å². The number of quaternary nitrogens is 2. The maximum atomic E-state index is 12.7. The molecule has 31 heavy (non-hydrogen) atoms. The van der Waals surface area contributed by atoms with E-state index in [2.05, 4.69) is 91.1 Å². The average molecular weight is 416 g/mol. The van der Waals surface area contributed by atoms with E-state index in [4.69, 9.17) is 0 Å². The molecule has 0 radical (unpaired) electrons. The molecule has 3 aromatic carbocycles. The molecule has 3 aromatic rings. The summed E-state index contributed by atoms with van der Waals surface area (Å²) in [7, 11) is 0. The fraction of sp³-hybridized carbons (Fsp3) is 0.296. The van der Waals surface area contributed by atoms with Crippen molar-refractivity contribution in [3.63, 3.8) is 0 Å². The molecule has 1 aliphatic heterocycles. The van der Waals surface area contributed by atoms with Crippen LogP contribution in [0.3, 0.4) is 0 Å². The van der Waals surface area contributed by atoms with Gasteiger partial charge in [0.1, 0.15) is 26.2 Å². The molecule has 0 aliphatic carbocycles. The number of amides is 1. The lowest BCUT2D eigenvalue weighted by Crippen LogP contribution is -3.28. The molecule has 4 nitrogen and oxygen atoms in total. The minimum Gasteiger partial charge on any atom is -0.345 e. The van der Waals surface area contributed by atoms with Crippen LogP contribution >= 0.6 is 0 Å². The SMILES string of the molecule is C[C@H](NC(=O)C[NH+]1CC[NH+](C/C=C/c2ccccc2)CC1)c1cccc2ccccc12. The summed E-state index contributed by atoms with van der Waals surface area (Å²) < 4.78 is 0. The number of rotatable bonds is 7. The Labute approximate surface area is 185 Å². The van der Waals surface area contributed by atoms with Gasteiger partial charge in [-0.3, -0.25) is 4.79 Å². The number of carbonyl (C=O) groups excluding carboxylic acids is 1. The van der Waals surface area contributed by atoms with Gasteiger partial charge in [-0.2, -0.15) is 0 Å². The summed E-state index contributed by atoms with van der Waals surface area (Å²) in [5.41, 5.74) is 2.43. The molecule has 1 amide bonds. The molecule has 0 unspecified atom stereocenters. The Bertz CT molecular complexity index is 1020. The van der Waals surface area contributed by atoms with Crippen LogP contribution in [0.1, 0.15) is 24.1 Å². The second-order valence-electron chi connectivity index (χ2n) is 8.55. The molecule has 4 rings (SSSR count). The van der Waals surface area contributed by atoms with Crippen molar-refractivity contribution in [3.8, 4) is 0 Å². The van der Waals surface area contributed by atoms with Crippen molar-refractivity contribution >= 4 is 22.8 Å². The van der Waals surface area contributed by atoms with Crippen LogP contribution in [0, 0.1) is 0 Å². The van der Waals surface area contributed by atoms with Gasteiger partial charge >= 0.3 is 0 Å². The third-order valence-electron chi connectivity index (χ3n) is 6.26. The van der Waals surface area contributed by atoms with Crippen LogP contribution in [0.25, 0.3) is 16.8 Å². The molecule has 1 fully saturated rings. The molecule has 0 aromatic heterocycles. The Kier molecular flexibility index (Phi) is 7.13. The Hall–Kier alpha value is -2.95. The second kappa shape index (κ2) is 10.4. The number of fused-ring (bicyclic) bond motifs is 1. The van der Waals surface area contributed by atoms with Gasteiger partial charge in [0.05, 0.1) is 12.6 Å². The molecular weight excluding hydrogens is 382 g/mol. The zero-order valence-corrected chi connectivity index (χ0v) is 18.3. The number of benzene rings is 3. The molecule has 4 heteroatoms. The van der Waals surface area contributed by atoms with Crippen LogP contribution in [-0.2, 0) is 4.79 Å². The lowest BCUT2D eigenvalue weighted by Gasteiger charge is -2.29. The number of piperazine rings is 1. The lowest BCUT2D eigenvalue weighted by atomic mass is 10.00. The summed E-state index contributed by atoms with van der Waals surface area (Å²) in [6.07, 6.45) is 4.47. The predicted octanol–water partition coefficient (Wildman–Crippen LogP) is 1.51. The summed E-state index contributed by atoms with van der Waals surface area (Å²) in [6, 6.07) is 25.1. The minimum absolute atomic E-state index is 0.00744. The molecule has 0 spiro atoms. The zero-order chi connectivity index (χ0) is 21.5. The van der Waals surface area contributed by atoms with Gasteiger partial charge in [0, 0.05) is 0 Å². The van der Waals surface area contributed by atoms with E-state index in [0.29, 0.717) is 6.54 Å². The van der Waals surface area contributed by atoms with Crippen molar-refractivity contribution in [1.29, 1.82) is 0 Å². The number of carbonyl (C=O) groups is 1. The molecule has 160 valence electrons. The summed E-state index contributed by atoms with van der Waals surface area (Å²) in [5, 5.41) is 5.65. The highest BCUT2D eigenvalue weighted by Crippen LogP contribution is 2.23. The van der Waals surface area contributed by atoms with E-state index in [9.17, 15) is 4.79 Å². The van der Waals surface area contributed by atoms with Gasteiger partial charge in [-0.1, -0.05) is 78.9 Å². The van der Waals surface area contributed by atoms with E-state index in [0.717, 1.165) is 32.7 Å². The van der Waals surface area contributed by atoms with Gasteiger partial charge in [-0.25, -0.2) is 0 Å². The monoisotopic (exact) mass is 415 g/mol. The lowest BCUT2D eigenvalue weighted by molar-refractivity contribution is -1.01. The van der Waals surface area contributed by atoms with E-state index in [1.54, 1.807) is 4.90 Å². The first-order valence-corrected chi connectivity index (χ1v) is 11.3. The van der Waals surface area contributed by atoms with Crippen molar-refractivity contribution in [1.82, 2.24) is 5.32 Å². The fourth-order valence-corrected chi connectivity index (χ4v) is 4.49. The molecule has 3 N–H and O–H groups in total. The summed E-state index contributed by atoms with van der Waals surface area (Å²) in [5.74, 6) is 0.142. The predicted molar refractivity (Wildman–Crippen MR) is 127 cm³/mol. The van der Waals surface area contributed by atoms with E-state index in [1.165, 1.54) is 26.8 Å². The number of hydrogen-bond acceptors (Lipinski definition) is 1. The highest BCUT2D eigenvalue weighted by molar-refractivity contribution is 5.87. The van der Waals surface area contributed by atoms with Crippen LogP contribution in [0.2, 0.25) is 0 Å². The van der Waals surface area contributed by atoms with E-state index >= 15 is 0 Å². The van der Waals surface area contributed by atoms with Crippen molar-refractivity contribution in [2.45, 2.75) is 13.0 Å². The smallest absolute Gasteiger partial charge is 0.275 e. The third kappa shape index (κ3) is 5.81. The number of hydrogen-bond donors (Lipinski definition) is 3. The quantitative estimate of drug-likeness (QED) is 0.538. The topological polar surface area (TPSA) is 38.0 Å². The average Bonchev–Trinajstić information content (AvgIpc) is 2.80. The van der Waals surface area contributed by atoms with Gasteiger partial charge in [0.15, 0.2) is 6.54 Å². The molecule has 1 atom stereocenters. The summed E-state index contributed by atoms with van der Waals surface area (Å²) in [6.45, 7) is 8.00. The number of nitrogens with one attached hydrogen (secondary N) is 3. The minimum atomic E-state index is 0.00744. The summed E-state index contributed by atoms with van der Waals surface area (Å²) >= 11 is 0. The van der Waals surface area contributed by atoms with Crippen LogP contribution < -0.4 is 15.1 Å². The van der Waals surface area contributed by atoms with Gasteiger partial charge in [-0.05, 0) is 34.9 Å². The van der Waals surface area contributed by atoms with E-state index in [1.807, 2.05) is 6.07 Å². The van der Waals surface area contributed by atoms with Gasteiger partial charge in [0.2, 0.25) is 0 Å². The fourth-order valence-electron chi connectivity index (χ4n) is 4.49. The van der Waals surface area contributed by atoms with Gasteiger partial charge in [0.25, 0.3) is 5.91 Å². The third-order valence-corrected chi connectivity index (χ3v) is 6.26. The maximum absolute atomic E-state index is 12.7. The molecular formula is C27H33N3O+2. The molecule has 0 bridgehead atoms. The van der Waals surface area contributed by atoms with Crippen LogP contribution in [-0.4, -0.2) is 45.2 Å². The van der Waals surface area contributed by atoms with Crippen LogP contribution in [0.5, 0.6) is 0 Å². The first kappa shape index (κ1) is 21.3. The maximum Gasteiger partial charge on any atom is 0.275 e. The Morgan fingerprint density at radius 1 is 0.903 bits per heavy atom. The van der Waals surface area contributed by atoms with Gasteiger partial charge in [-0.15, -0.1) is 0 Å². The van der Waals surface area contributed by atoms with Crippen molar-refractivity contribution in [2.24, 2.45) is 0 Å². The molecule has 1 heterocycles. The Morgan fingerprint density at radius 2 is 1.58 bits per heavy atom. The van der Waals surface area contributed by atoms with E-state index in [-0.39, 0.29) is 11.9 Å². The highest BCUT2D eigenvalue weighted by Gasteiger charge is 2.24. The normalized spacial score (nSPS) is 20.0. The van der Waals surface area contributed by atoms with Crippen molar-refractivity contribution in [2.75, 3.05) is 39.3 Å². The zero-order valence-electron chi connectivity index (χ0n) is 18.3. The second-order valence-corrected chi connectivity index (χ2v) is 8.55. The van der Waals surface area contributed by atoms with E-state index < -0.39 is 0 Å². The van der Waals surface area contributed by atoms with Crippen molar-refractivity contribution < 1.29 is 14.6 Å². The Balaban J connectivity index is 1.23. The highest BCUT2D eigenvalue weighted by atomic mass is 16.2. The molecule has 1 aliphatic rings. The first-order chi connectivity index (χ1) is 15.2.